The van der Waals surface area contributed by atoms with Gasteiger partial charge in [-0.15, -0.1) is 0 Å². The Bertz CT molecular complexity index is 2960. The smallest absolute Gasteiger partial charge is 0.132 e. The molecule has 0 bridgehead atoms. The van der Waals surface area contributed by atoms with Gasteiger partial charge in [0.1, 0.15) is 11.5 Å². The summed E-state index contributed by atoms with van der Waals surface area (Å²) in [7, 11) is 0. The number of hydrogen-bond acceptors (Lipinski definition) is 4. The van der Waals surface area contributed by atoms with Crippen molar-refractivity contribution in [2.75, 3.05) is 0 Å². The van der Waals surface area contributed by atoms with Crippen LogP contribution < -0.4 is 4.74 Å². The third kappa shape index (κ3) is 6.76. The van der Waals surface area contributed by atoms with Gasteiger partial charge in [-0.05, 0) is 102 Å². The lowest BCUT2D eigenvalue weighted by atomic mass is 9.66. The van der Waals surface area contributed by atoms with Crippen LogP contribution in [-0.4, -0.2) is 16.9 Å². The van der Waals surface area contributed by atoms with Gasteiger partial charge in [-0.3, -0.25) is 9.98 Å². The minimum atomic E-state index is -0.628. The van der Waals surface area contributed by atoms with Gasteiger partial charge in [-0.25, -0.2) is 0 Å². The van der Waals surface area contributed by atoms with E-state index in [1.54, 1.807) is 0 Å². The number of hydrogen-bond donors (Lipinski definition) is 1. The highest BCUT2D eigenvalue weighted by Crippen LogP contribution is 2.62. The lowest BCUT2D eigenvalue weighted by Crippen LogP contribution is -2.32. The maximum atomic E-state index is 9.25. The minimum absolute atomic E-state index is 0.377. The number of aromatic nitrogens is 1. The molecule has 290 valence electrons. The molecule has 0 radical (unpaired) electrons. The van der Waals surface area contributed by atoms with Gasteiger partial charge in [0.25, 0.3) is 0 Å². The Morgan fingerprint density at radius 2 is 1.25 bits per heavy atom. The number of pyridine rings is 1. The molecule has 1 N–H and O–H groups in total. The van der Waals surface area contributed by atoms with Crippen LogP contribution in [0.4, 0.5) is 0 Å². The third-order valence-corrected chi connectivity index (χ3v) is 11.8. The number of rotatable bonds is 9. The number of allylic oxidation sites excluding steroid dienone is 9. The highest BCUT2D eigenvalue weighted by Gasteiger charge is 2.51. The van der Waals surface area contributed by atoms with Crippen molar-refractivity contribution in [3.63, 3.8) is 0 Å². The van der Waals surface area contributed by atoms with Crippen molar-refractivity contribution >= 4 is 28.5 Å². The van der Waals surface area contributed by atoms with Gasteiger partial charge in [-0.2, -0.15) is 0 Å². The molecular formula is C56H45N3O. The second-order valence-corrected chi connectivity index (χ2v) is 15.4. The first-order valence-electron chi connectivity index (χ1n) is 20.4. The monoisotopic (exact) mass is 775 g/mol. The second-order valence-electron chi connectivity index (χ2n) is 15.4. The summed E-state index contributed by atoms with van der Waals surface area (Å²) in [6.07, 6.45) is 15.8. The summed E-state index contributed by atoms with van der Waals surface area (Å²) in [6, 6.07) is 51.1. The maximum absolute atomic E-state index is 9.25. The van der Waals surface area contributed by atoms with Crippen LogP contribution in [0.15, 0.2) is 210 Å². The summed E-state index contributed by atoms with van der Waals surface area (Å²) in [6.45, 7) is 8.18. The molecule has 4 heteroatoms. The van der Waals surface area contributed by atoms with E-state index < -0.39 is 5.41 Å². The number of fused-ring (bicyclic) bond motifs is 10. The average Bonchev–Trinajstić information content (AvgIpc) is 3.58. The first-order chi connectivity index (χ1) is 29.4. The van der Waals surface area contributed by atoms with E-state index in [-0.39, 0.29) is 0 Å². The molecule has 1 aromatic heterocycles. The van der Waals surface area contributed by atoms with Crippen LogP contribution in [0.5, 0.6) is 11.5 Å². The van der Waals surface area contributed by atoms with E-state index in [1.807, 2.05) is 87.0 Å². The largest absolute Gasteiger partial charge is 0.457 e. The lowest BCUT2D eigenvalue weighted by Gasteiger charge is -2.39. The van der Waals surface area contributed by atoms with Crippen LogP contribution >= 0.6 is 0 Å². The summed E-state index contributed by atoms with van der Waals surface area (Å²) >= 11 is 0. The van der Waals surface area contributed by atoms with Crippen molar-refractivity contribution in [3.05, 3.63) is 238 Å². The molecule has 7 aromatic rings. The van der Waals surface area contributed by atoms with Crippen LogP contribution in [0.25, 0.3) is 38.9 Å². The quantitative estimate of drug-likeness (QED) is 0.117. The number of nitrogens with zero attached hydrogens (tertiary/aromatic N) is 2. The van der Waals surface area contributed by atoms with Gasteiger partial charge >= 0.3 is 0 Å². The molecule has 0 saturated heterocycles. The zero-order valence-corrected chi connectivity index (χ0v) is 34.3. The van der Waals surface area contributed by atoms with Crippen molar-refractivity contribution in [2.24, 2.45) is 4.99 Å². The molecule has 1 aliphatic carbocycles. The number of benzene rings is 6. The number of nitrogens with one attached hydrogen (secondary N) is 1. The van der Waals surface area contributed by atoms with Crippen molar-refractivity contribution in [2.45, 2.75) is 33.1 Å². The normalized spacial score (nSPS) is 14.6. The van der Waals surface area contributed by atoms with Crippen molar-refractivity contribution < 1.29 is 4.74 Å². The van der Waals surface area contributed by atoms with Crippen molar-refractivity contribution in [1.82, 2.24) is 4.98 Å². The lowest BCUT2D eigenvalue weighted by molar-refractivity contribution is 0.436. The Kier molecular flexibility index (Phi) is 10.2. The van der Waals surface area contributed by atoms with Crippen molar-refractivity contribution in [3.8, 4) is 33.8 Å². The highest BCUT2D eigenvalue weighted by molar-refractivity contribution is 6.10. The van der Waals surface area contributed by atoms with Crippen LogP contribution in [0, 0.1) is 5.41 Å². The molecule has 0 fully saturated rings. The second kappa shape index (κ2) is 16.1. The molecule has 1 aliphatic heterocycles. The molecule has 4 nitrogen and oxygen atoms in total. The molecule has 60 heavy (non-hydrogen) atoms. The van der Waals surface area contributed by atoms with Crippen LogP contribution in [-0.2, 0) is 5.41 Å². The van der Waals surface area contributed by atoms with Crippen LogP contribution in [0.1, 0.15) is 61.1 Å². The number of para-hydroxylation sites is 1. The Balaban J connectivity index is 1.22. The first kappa shape index (κ1) is 38.1. The van der Waals surface area contributed by atoms with E-state index in [1.165, 1.54) is 27.8 Å². The van der Waals surface area contributed by atoms with E-state index in [2.05, 4.69) is 135 Å². The van der Waals surface area contributed by atoms with E-state index >= 15 is 0 Å². The fourth-order valence-corrected chi connectivity index (χ4v) is 8.55. The predicted molar refractivity (Wildman–Crippen MR) is 250 cm³/mol. The summed E-state index contributed by atoms with van der Waals surface area (Å²) in [4.78, 5) is 9.84. The van der Waals surface area contributed by atoms with E-state index in [9.17, 15) is 5.41 Å². The SMILES string of the molecule is C\C=C/C=C(C)/C(C)=C/C=C(\C)C(=N)/C=C(\N=C\c1ccccc1)c1ccc2c(c1)Oc1cc(-c3cccc4cccnc34)ccc1C21c2ccccc2-c2ccccc21. The van der Waals surface area contributed by atoms with Crippen molar-refractivity contribution in [1.29, 1.82) is 5.41 Å². The van der Waals surface area contributed by atoms with Gasteiger partial charge in [0.15, 0.2) is 0 Å². The summed E-state index contributed by atoms with van der Waals surface area (Å²) < 4.78 is 7.11. The molecule has 0 amide bonds. The molecule has 9 rings (SSSR count). The summed E-state index contributed by atoms with van der Waals surface area (Å²) in [5, 5.41) is 10.3. The Morgan fingerprint density at radius 3 is 2.00 bits per heavy atom. The first-order valence-corrected chi connectivity index (χ1v) is 20.4. The fraction of sp³-hybridized carbons (Fsp3) is 0.0893. The molecular weight excluding hydrogens is 731 g/mol. The van der Waals surface area contributed by atoms with Gasteiger partial charge < -0.3 is 10.1 Å². The van der Waals surface area contributed by atoms with E-state index in [0.29, 0.717) is 11.4 Å². The molecule has 2 aliphatic rings. The van der Waals surface area contributed by atoms with Gasteiger partial charge in [-0.1, -0.05) is 158 Å². The predicted octanol–water partition coefficient (Wildman–Crippen LogP) is 14.3. The zero-order valence-electron chi connectivity index (χ0n) is 34.3. The Morgan fingerprint density at radius 1 is 0.617 bits per heavy atom. The Hall–Kier alpha value is -7.43. The maximum Gasteiger partial charge on any atom is 0.132 e. The van der Waals surface area contributed by atoms with E-state index in [0.717, 1.165) is 66.9 Å². The topological polar surface area (TPSA) is 58.3 Å². The van der Waals surface area contributed by atoms with Gasteiger partial charge in [0.05, 0.1) is 22.3 Å². The summed E-state index contributed by atoms with van der Waals surface area (Å²) in [5.41, 5.74) is 15.5. The molecule has 0 unspecified atom stereocenters. The minimum Gasteiger partial charge on any atom is -0.457 e. The number of ether oxygens (including phenoxy) is 1. The van der Waals surface area contributed by atoms with Gasteiger partial charge in [0.2, 0.25) is 0 Å². The molecule has 2 heterocycles. The van der Waals surface area contributed by atoms with Crippen LogP contribution in [0.3, 0.4) is 0 Å². The highest BCUT2D eigenvalue weighted by atomic mass is 16.5. The summed E-state index contributed by atoms with van der Waals surface area (Å²) in [5.74, 6) is 1.55. The molecule has 0 atom stereocenters. The van der Waals surface area contributed by atoms with Gasteiger partial charge in [0, 0.05) is 40.1 Å². The average molecular weight is 776 g/mol. The third-order valence-electron chi connectivity index (χ3n) is 11.8. The molecule has 0 saturated carbocycles. The Labute approximate surface area is 352 Å². The number of aliphatic imine (C=N–C) groups is 1. The van der Waals surface area contributed by atoms with Crippen LogP contribution in [0.2, 0.25) is 0 Å². The molecule has 1 spiro atoms. The zero-order chi connectivity index (χ0) is 41.2. The standard InChI is InChI=1S/C56H45N3O/c1-5-6-16-37(2)38(3)26-27-39(4)51(57)35-52(59-36-40-17-8-7-9-18-40)43-29-31-50-54(34-43)60-53-33-42(44-23-14-19-41-20-15-32-58-55(41)44)28-30-49(53)56(50)47-24-12-10-21-45(47)46-22-11-13-25-48(46)56/h5-36,57H,1-4H3/b6-5-,37-16+,38-26+,39-27+,52-35-,57-51?,59-36+. The fourth-order valence-electron chi connectivity index (χ4n) is 8.55. The van der Waals surface area contributed by atoms with E-state index in [4.69, 9.17) is 14.7 Å². The molecule has 6 aromatic carbocycles.